The van der Waals surface area contributed by atoms with Gasteiger partial charge in [-0.15, -0.1) is 0 Å². The topological polar surface area (TPSA) is 25.8 Å². The first-order valence-electron chi connectivity index (χ1n) is 4.07. The van der Waals surface area contributed by atoms with Gasteiger partial charge in [-0.1, -0.05) is 0 Å². The summed E-state index contributed by atoms with van der Waals surface area (Å²) < 4.78 is 0. The van der Waals surface area contributed by atoms with Crippen LogP contribution in [0.15, 0.2) is 6.20 Å². The second-order valence-corrected chi connectivity index (χ2v) is 3.26. The van der Waals surface area contributed by atoms with E-state index in [-0.39, 0.29) is 0 Å². The lowest BCUT2D eigenvalue weighted by atomic mass is 10.2. The van der Waals surface area contributed by atoms with Crippen molar-refractivity contribution in [1.82, 2.24) is 9.97 Å². The Bertz CT molecular complexity index is 277. The normalized spacial score (nSPS) is 16.9. The van der Waals surface area contributed by atoms with Crippen LogP contribution in [0.4, 0.5) is 0 Å². The maximum Gasteiger partial charge on any atom is 0.0646 e. The van der Waals surface area contributed by atoms with Crippen LogP contribution in [0.5, 0.6) is 0 Å². The summed E-state index contributed by atoms with van der Waals surface area (Å²) in [6, 6.07) is 0. The summed E-state index contributed by atoms with van der Waals surface area (Å²) in [5.41, 5.74) is 3.36. The number of aromatic nitrogens is 2. The van der Waals surface area contributed by atoms with Crippen molar-refractivity contribution in [2.45, 2.75) is 32.6 Å². The molecule has 0 saturated heterocycles. The minimum atomic E-state index is 0.725. The van der Waals surface area contributed by atoms with Gasteiger partial charge in [-0.2, -0.15) is 0 Å². The van der Waals surface area contributed by atoms with Crippen LogP contribution in [0.2, 0.25) is 0 Å². The van der Waals surface area contributed by atoms with E-state index in [1.165, 1.54) is 18.5 Å². The zero-order valence-electron chi connectivity index (χ0n) is 6.96. The largest absolute Gasteiger partial charge is 0.257 e. The van der Waals surface area contributed by atoms with Gasteiger partial charge in [0, 0.05) is 12.1 Å². The SMILES string of the molecule is Cc1cnc(C2CC2)c(C)n1. The molecule has 0 amide bonds. The van der Waals surface area contributed by atoms with E-state index < -0.39 is 0 Å². The van der Waals surface area contributed by atoms with Crippen molar-refractivity contribution in [3.8, 4) is 0 Å². The lowest BCUT2D eigenvalue weighted by Crippen LogP contribution is -1.96. The van der Waals surface area contributed by atoms with E-state index in [1.54, 1.807) is 0 Å². The quantitative estimate of drug-likeness (QED) is 0.608. The van der Waals surface area contributed by atoms with Crippen LogP contribution in [0.1, 0.15) is 35.8 Å². The molecule has 11 heavy (non-hydrogen) atoms. The molecular formula is C9H12N2. The van der Waals surface area contributed by atoms with Gasteiger partial charge in [-0.3, -0.25) is 9.97 Å². The molecule has 1 aromatic rings. The molecule has 0 unspecified atom stereocenters. The first-order valence-corrected chi connectivity index (χ1v) is 4.07. The second-order valence-electron chi connectivity index (χ2n) is 3.26. The molecule has 0 radical (unpaired) electrons. The Labute approximate surface area is 66.7 Å². The molecule has 0 aromatic carbocycles. The van der Waals surface area contributed by atoms with Crippen LogP contribution in [0, 0.1) is 13.8 Å². The maximum absolute atomic E-state index is 4.38. The van der Waals surface area contributed by atoms with E-state index in [4.69, 9.17) is 0 Å². The molecule has 2 nitrogen and oxygen atoms in total. The Morgan fingerprint density at radius 2 is 2.09 bits per heavy atom. The predicted molar refractivity (Wildman–Crippen MR) is 43.5 cm³/mol. The molecule has 1 saturated carbocycles. The van der Waals surface area contributed by atoms with Gasteiger partial charge in [-0.25, -0.2) is 0 Å². The molecule has 0 N–H and O–H groups in total. The van der Waals surface area contributed by atoms with Crippen molar-refractivity contribution in [3.05, 3.63) is 23.3 Å². The third-order valence-corrected chi connectivity index (χ3v) is 2.07. The van der Waals surface area contributed by atoms with Crippen LogP contribution in [0.25, 0.3) is 0 Å². The standard InChI is InChI=1S/C9H12N2/c1-6-5-10-9(7(2)11-6)8-3-4-8/h5,8H,3-4H2,1-2H3. The van der Waals surface area contributed by atoms with Crippen molar-refractivity contribution in [2.75, 3.05) is 0 Å². The minimum Gasteiger partial charge on any atom is -0.257 e. The van der Waals surface area contributed by atoms with Gasteiger partial charge in [0.05, 0.1) is 17.1 Å². The number of nitrogens with zero attached hydrogens (tertiary/aromatic N) is 2. The van der Waals surface area contributed by atoms with E-state index in [9.17, 15) is 0 Å². The molecule has 58 valence electrons. The van der Waals surface area contributed by atoms with Crippen molar-refractivity contribution < 1.29 is 0 Å². The monoisotopic (exact) mass is 148 g/mol. The Balaban J connectivity index is 2.39. The van der Waals surface area contributed by atoms with Gasteiger partial charge in [-0.05, 0) is 26.7 Å². The summed E-state index contributed by atoms with van der Waals surface area (Å²) in [6.45, 7) is 4.03. The lowest BCUT2D eigenvalue weighted by Gasteiger charge is -2.01. The molecular weight excluding hydrogens is 136 g/mol. The molecule has 1 aliphatic carbocycles. The summed E-state index contributed by atoms with van der Waals surface area (Å²) >= 11 is 0. The summed E-state index contributed by atoms with van der Waals surface area (Å²) in [6.07, 6.45) is 4.47. The average Bonchev–Trinajstić information content (AvgIpc) is 2.70. The smallest absolute Gasteiger partial charge is 0.0646 e. The van der Waals surface area contributed by atoms with E-state index in [2.05, 4.69) is 9.97 Å². The molecule has 0 atom stereocenters. The van der Waals surface area contributed by atoms with Gasteiger partial charge in [0.2, 0.25) is 0 Å². The van der Waals surface area contributed by atoms with E-state index in [0.717, 1.165) is 17.3 Å². The molecule has 2 heteroatoms. The molecule has 1 aliphatic rings. The van der Waals surface area contributed by atoms with Gasteiger partial charge in [0.15, 0.2) is 0 Å². The fourth-order valence-corrected chi connectivity index (χ4v) is 1.36. The van der Waals surface area contributed by atoms with E-state index >= 15 is 0 Å². The van der Waals surface area contributed by atoms with E-state index in [1.807, 2.05) is 20.0 Å². The molecule has 2 rings (SSSR count). The number of aryl methyl sites for hydroxylation is 2. The highest BCUT2D eigenvalue weighted by atomic mass is 14.8. The highest BCUT2D eigenvalue weighted by Gasteiger charge is 2.26. The Kier molecular flexibility index (Phi) is 1.41. The Morgan fingerprint density at radius 1 is 1.36 bits per heavy atom. The predicted octanol–water partition coefficient (Wildman–Crippen LogP) is 1.97. The first kappa shape index (κ1) is 6.77. The lowest BCUT2D eigenvalue weighted by molar-refractivity contribution is 0.925. The first-order chi connectivity index (χ1) is 5.27. The van der Waals surface area contributed by atoms with Crippen LogP contribution < -0.4 is 0 Å². The van der Waals surface area contributed by atoms with Gasteiger partial charge in [0.25, 0.3) is 0 Å². The zero-order valence-corrected chi connectivity index (χ0v) is 6.96. The minimum absolute atomic E-state index is 0.725. The Morgan fingerprint density at radius 3 is 2.64 bits per heavy atom. The van der Waals surface area contributed by atoms with Crippen LogP contribution in [-0.2, 0) is 0 Å². The highest BCUT2D eigenvalue weighted by Crippen LogP contribution is 2.39. The number of hydrogen-bond donors (Lipinski definition) is 0. The molecule has 0 bridgehead atoms. The van der Waals surface area contributed by atoms with Gasteiger partial charge >= 0.3 is 0 Å². The van der Waals surface area contributed by atoms with Crippen molar-refractivity contribution >= 4 is 0 Å². The van der Waals surface area contributed by atoms with Crippen molar-refractivity contribution in [1.29, 1.82) is 0 Å². The van der Waals surface area contributed by atoms with Crippen LogP contribution in [-0.4, -0.2) is 9.97 Å². The van der Waals surface area contributed by atoms with Gasteiger partial charge in [0.1, 0.15) is 0 Å². The molecule has 1 fully saturated rings. The molecule has 1 heterocycles. The van der Waals surface area contributed by atoms with Crippen molar-refractivity contribution in [2.24, 2.45) is 0 Å². The van der Waals surface area contributed by atoms with Crippen molar-refractivity contribution in [3.63, 3.8) is 0 Å². The summed E-state index contributed by atoms with van der Waals surface area (Å²) in [7, 11) is 0. The molecule has 1 aromatic heterocycles. The zero-order chi connectivity index (χ0) is 7.84. The van der Waals surface area contributed by atoms with Crippen LogP contribution >= 0.6 is 0 Å². The third-order valence-electron chi connectivity index (χ3n) is 2.07. The Hall–Kier alpha value is -0.920. The van der Waals surface area contributed by atoms with Gasteiger partial charge < -0.3 is 0 Å². The summed E-state index contributed by atoms with van der Waals surface area (Å²) in [5.74, 6) is 0.725. The summed E-state index contributed by atoms with van der Waals surface area (Å²) in [4.78, 5) is 8.75. The number of rotatable bonds is 1. The summed E-state index contributed by atoms with van der Waals surface area (Å²) in [5, 5.41) is 0. The molecule has 0 spiro atoms. The third kappa shape index (κ3) is 1.25. The maximum atomic E-state index is 4.38. The number of hydrogen-bond acceptors (Lipinski definition) is 2. The van der Waals surface area contributed by atoms with E-state index in [0.29, 0.717) is 0 Å². The second kappa shape index (κ2) is 2.29. The fraction of sp³-hybridized carbons (Fsp3) is 0.556. The fourth-order valence-electron chi connectivity index (χ4n) is 1.36. The average molecular weight is 148 g/mol. The van der Waals surface area contributed by atoms with Crippen LogP contribution in [0.3, 0.4) is 0 Å². The highest BCUT2D eigenvalue weighted by molar-refractivity contribution is 5.20. The molecule has 0 aliphatic heterocycles.